The highest BCUT2D eigenvalue weighted by molar-refractivity contribution is 5.48. The van der Waals surface area contributed by atoms with Gasteiger partial charge in [0.1, 0.15) is 17.2 Å². The molecule has 2 aromatic rings. The lowest BCUT2D eigenvalue weighted by Gasteiger charge is -2.13. The number of benzene rings is 2. The number of aryl methyl sites for hydroxylation is 4. The molecule has 0 aliphatic carbocycles. The Morgan fingerprint density at radius 3 is 1.78 bits per heavy atom. The molecule has 94 valence electrons. The van der Waals surface area contributed by atoms with Crippen LogP contribution in [0.25, 0.3) is 0 Å². The van der Waals surface area contributed by atoms with Gasteiger partial charge in [0.15, 0.2) is 0 Å². The number of aromatic hydroxyl groups is 1. The quantitative estimate of drug-likeness (QED) is 0.844. The molecule has 2 rings (SSSR count). The zero-order chi connectivity index (χ0) is 13.3. The summed E-state index contributed by atoms with van der Waals surface area (Å²) in [4.78, 5) is 0. The fourth-order valence-corrected chi connectivity index (χ4v) is 2.20. The Bertz CT molecular complexity index is 542. The van der Waals surface area contributed by atoms with E-state index in [1.54, 1.807) is 12.1 Å². The summed E-state index contributed by atoms with van der Waals surface area (Å²) >= 11 is 0. The Balaban J connectivity index is 2.40. The Hall–Kier alpha value is -1.96. The topological polar surface area (TPSA) is 29.5 Å². The molecule has 18 heavy (non-hydrogen) atoms. The summed E-state index contributed by atoms with van der Waals surface area (Å²) in [5.74, 6) is 1.93. The third kappa shape index (κ3) is 2.65. The van der Waals surface area contributed by atoms with E-state index in [1.165, 1.54) is 11.1 Å². The molecule has 1 N–H and O–H groups in total. The number of phenolic OH excluding ortho intramolecular Hbond substituents is 1. The number of hydrogen-bond acceptors (Lipinski definition) is 2. The van der Waals surface area contributed by atoms with Crippen LogP contribution in [-0.2, 0) is 0 Å². The van der Waals surface area contributed by atoms with Crippen molar-refractivity contribution in [1.82, 2.24) is 0 Å². The Morgan fingerprint density at radius 1 is 0.778 bits per heavy atom. The van der Waals surface area contributed by atoms with Gasteiger partial charge in [-0.25, -0.2) is 0 Å². The van der Waals surface area contributed by atoms with E-state index in [0.29, 0.717) is 0 Å². The van der Waals surface area contributed by atoms with E-state index in [0.717, 1.165) is 22.6 Å². The lowest BCUT2D eigenvalue weighted by atomic mass is 10.1. The standard InChI is InChI=1S/C16H18O2/c1-10-5-11(2)7-15(6-10)18-16-12(3)8-14(17)9-13(16)4/h5-9,17H,1-4H3. The minimum atomic E-state index is 0.276. The predicted octanol–water partition coefficient (Wildman–Crippen LogP) is 4.42. The average Bonchev–Trinajstić information content (AvgIpc) is 2.22. The van der Waals surface area contributed by atoms with Crippen LogP contribution < -0.4 is 4.74 Å². The molecular formula is C16H18O2. The average molecular weight is 242 g/mol. The first kappa shape index (κ1) is 12.5. The van der Waals surface area contributed by atoms with Crippen molar-refractivity contribution in [2.75, 3.05) is 0 Å². The molecule has 0 unspecified atom stereocenters. The van der Waals surface area contributed by atoms with Crippen LogP contribution in [-0.4, -0.2) is 5.11 Å². The van der Waals surface area contributed by atoms with Crippen LogP contribution in [0.5, 0.6) is 17.2 Å². The van der Waals surface area contributed by atoms with Gasteiger partial charge in [0.25, 0.3) is 0 Å². The van der Waals surface area contributed by atoms with E-state index in [1.807, 2.05) is 26.0 Å². The molecule has 0 aromatic heterocycles. The normalized spacial score (nSPS) is 10.4. The van der Waals surface area contributed by atoms with Gasteiger partial charge in [-0.2, -0.15) is 0 Å². The van der Waals surface area contributed by atoms with Gasteiger partial charge in [0.2, 0.25) is 0 Å². The van der Waals surface area contributed by atoms with Crippen LogP contribution in [0.1, 0.15) is 22.3 Å². The molecule has 2 nitrogen and oxygen atoms in total. The highest BCUT2D eigenvalue weighted by Gasteiger charge is 2.08. The zero-order valence-electron chi connectivity index (χ0n) is 11.2. The van der Waals surface area contributed by atoms with Gasteiger partial charge >= 0.3 is 0 Å². The minimum Gasteiger partial charge on any atom is -0.508 e. The SMILES string of the molecule is Cc1cc(C)cc(Oc2c(C)cc(O)cc2C)c1. The van der Waals surface area contributed by atoms with Crippen LogP contribution in [0, 0.1) is 27.7 Å². The van der Waals surface area contributed by atoms with Gasteiger partial charge in [0, 0.05) is 0 Å². The number of hydrogen-bond donors (Lipinski definition) is 1. The fourth-order valence-electron chi connectivity index (χ4n) is 2.20. The lowest BCUT2D eigenvalue weighted by Crippen LogP contribution is -1.92. The number of ether oxygens (including phenoxy) is 1. The zero-order valence-corrected chi connectivity index (χ0v) is 11.2. The minimum absolute atomic E-state index is 0.276. The molecule has 2 heteroatoms. The Morgan fingerprint density at radius 2 is 1.28 bits per heavy atom. The molecule has 0 fully saturated rings. The van der Waals surface area contributed by atoms with Crippen molar-refractivity contribution >= 4 is 0 Å². The summed E-state index contributed by atoms with van der Waals surface area (Å²) < 4.78 is 5.95. The molecule has 0 spiro atoms. The largest absolute Gasteiger partial charge is 0.508 e. The molecular weight excluding hydrogens is 224 g/mol. The number of phenols is 1. The van der Waals surface area contributed by atoms with E-state index < -0.39 is 0 Å². The Kier molecular flexibility index (Phi) is 3.28. The maximum atomic E-state index is 9.52. The van der Waals surface area contributed by atoms with Gasteiger partial charge in [-0.15, -0.1) is 0 Å². The second-order valence-corrected chi connectivity index (χ2v) is 4.83. The monoisotopic (exact) mass is 242 g/mol. The molecule has 0 aliphatic heterocycles. The van der Waals surface area contributed by atoms with Crippen LogP contribution in [0.3, 0.4) is 0 Å². The fraction of sp³-hybridized carbons (Fsp3) is 0.250. The van der Waals surface area contributed by atoms with E-state index in [9.17, 15) is 5.11 Å². The maximum Gasteiger partial charge on any atom is 0.133 e. The summed E-state index contributed by atoms with van der Waals surface area (Å²) in [7, 11) is 0. The van der Waals surface area contributed by atoms with E-state index in [2.05, 4.69) is 19.9 Å². The summed E-state index contributed by atoms with van der Waals surface area (Å²) in [5, 5.41) is 9.52. The first-order chi connectivity index (χ1) is 8.45. The molecule has 0 saturated carbocycles. The molecule has 0 atom stereocenters. The molecule has 0 aliphatic rings. The highest BCUT2D eigenvalue weighted by atomic mass is 16.5. The summed E-state index contributed by atoms with van der Waals surface area (Å²) in [6.45, 7) is 7.97. The van der Waals surface area contributed by atoms with Gasteiger partial charge in [-0.05, 0) is 74.2 Å². The number of rotatable bonds is 2. The van der Waals surface area contributed by atoms with Crippen molar-refractivity contribution in [3.8, 4) is 17.2 Å². The molecule has 0 saturated heterocycles. The summed E-state index contributed by atoms with van der Waals surface area (Å²) in [6.07, 6.45) is 0. The van der Waals surface area contributed by atoms with Gasteiger partial charge in [-0.1, -0.05) is 6.07 Å². The first-order valence-electron chi connectivity index (χ1n) is 6.02. The summed E-state index contributed by atoms with van der Waals surface area (Å²) in [5.41, 5.74) is 4.23. The molecule has 0 heterocycles. The van der Waals surface area contributed by atoms with Crippen molar-refractivity contribution in [3.63, 3.8) is 0 Å². The lowest BCUT2D eigenvalue weighted by molar-refractivity contribution is 0.458. The van der Waals surface area contributed by atoms with E-state index in [-0.39, 0.29) is 5.75 Å². The third-order valence-electron chi connectivity index (χ3n) is 2.86. The summed E-state index contributed by atoms with van der Waals surface area (Å²) in [6, 6.07) is 9.57. The third-order valence-corrected chi connectivity index (χ3v) is 2.86. The van der Waals surface area contributed by atoms with Crippen molar-refractivity contribution in [1.29, 1.82) is 0 Å². The van der Waals surface area contributed by atoms with Crippen LogP contribution in [0.4, 0.5) is 0 Å². The van der Waals surface area contributed by atoms with Crippen LogP contribution >= 0.6 is 0 Å². The van der Waals surface area contributed by atoms with Gasteiger partial charge in [-0.3, -0.25) is 0 Å². The van der Waals surface area contributed by atoms with Crippen molar-refractivity contribution < 1.29 is 9.84 Å². The van der Waals surface area contributed by atoms with Crippen molar-refractivity contribution in [2.24, 2.45) is 0 Å². The second-order valence-electron chi connectivity index (χ2n) is 4.83. The van der Waals surface area contributed by atoms with Crippen LogP contribution in [0.15, 0.2) is 30.3 Å². The molecule has 2 aromatic carbocycles. The van der Waals surface area contributed by atoms with Gasteiger partial charge < -0.3 is 9.84 Å². The smallest absolute Gasteiger partial charge is 0.133 e. The van der Waals surface area contributed by atoms with Gasteiger partial charge in [0.05, 0.1) is 0 Å². The van der Waals surface area contributed by atoms with E-state index >= 15 is 0 Å². The molecule has 0 radical (unpaired) electrons. The second kappa shape index (κ2) is 4.73. The van der Waals surface area contributed by atoms with Crippen molar-refractivity contribution in [2.45, 2.75) is 27.7 Å². The molecule has 0 amide bonds. The maximum absolute atomic E-state index is 9.52. The van der Waals surface area contributed by atoms with Crippen LogP contribution in [0.2, 0.25) is 0 Å². The first-order valence-corrected chi connectivity index (χ1v) is 6.02. The molecule has 0 bridgehead atoms. The van der Waals surface area contributed by atoms with E-state index in [4.69, 9.17) is 4.74 Å². The van der Waals surface area contributed by atoms with Crippen molar-refractivity contribution in [3.05, 3.63) is 52.6 Å². The Labute approximate surface area is 108 Å². The predicted molar refractivity (Wildman–Crippen MR) is 73.6 cm³/mol. The highest BCUT2D eigenvalue weighted by Crippen LogP contribution is 2.32.